The van der Waals surface area contributed by atoms with E-state index >= 15 is 0 Å². The third kappa shape index (κ3) is 5.19. The average Bonchev–Trinajstić information content (AvgIpc) is 3.17. The molecular formula is C23H33N5O. The van der Waals surface area contributed by atoms with Gasteiger partial charge in [0, 0.05) is 48.7 Å². The summed E-state index contributed by atoms with van der Waals surface area (Å²) in [7, 11) is 1.70. The van der Waals surface area contributed by atoms with Crippen molar-refractivity contribution in [3.63, 3.8) is 0 Å². The quantitative estimate of drug-likeness (QED) is 0.580. The third-order valence-corrected chi connectivity index (χ3v) is 5.41. The number of aromatic nitrogens is 1. The van der Waals surface area contributed by atoms with Crippen molar-refractivity contribution in [1.29, 1.82) is 0 Å². The van der Waals surface area contributed by atoms with Gasteiger partial charge in [-0.1, -0.05) is 17.7 Å². The van der Waals surface area contributed by atoms with Crippen LogP contribution in [0.3, 0.4) is 0 Å². The standard InChI is InChI=1S/C23H33N5O/c1-6-24-23(26-14-21-18(4)22(29-5)17(3)13-25-21)27-19-11-12-28(15-19)20-9-7-16(2)8-10-20/h7-10,13,19H,6,11-12,14-15H2,1-5H3,(H2,24,26,27). The van der Waals surface area contributed by atoms with Crippen molar-refractivity contribution in [2.75, 3.05) is 31.6 Å². The number of aliphatic imine (C=N–C) groups is 1. The minimum Gasteiger partial charge on any atom is -0.496 e. The van der Waals surface area contributed by atoms with E-state index in [0.717, 1.165) is 54.6 Å². The fourth-order valence-corrected chi connectivity index (χ4v) is 3.77. The van der Waals surface area contributed by atoms with Crippen LogP contribution in [0.25, 0.3) is 0 Å². The van der Waals surface area contributed by atoms with E-state index < -0.39 is 0 Å². The zero-order chi connectivity index (χ0) is 20.8. The van der Waals surface area contributed by atoms with Crippen molar-refractivity contribution in [2.24, 2.45) is 4.99 Å². The molecule has 1 aliphatic heterocycles. The lowest BCUT2D eigenvalue weighted by Gasteiger charge is -2.20. The molecule has 2 aromatic rings. The van der Waals surface area contributed by atoms with E-state index in [-0.39, 0.29) is 0 Å². The van der Waals surface area contributed by atoms with Crippen molar-refractivity contribution < 1.29 is 4.74 Å². The summed E-state index contributed by atoms with van der Waals surface area (Å²) in [5.41, 5.74) is 5.62. The zero-order valence-electron chi connectivity index (χ0n) is 18.2. The molecule has 1 aliphatic rings. The van der Waals surface area contributed by atoms with E-state index in [0.29, 0.717) is 12.6 Å². The molecule has 1 atom stereocenters. The number of aryl methyl sites for hydroxylation is 2. The summed E-state index contributed by atoms with van der Waals surface area (Å²) in [6.45, 7) is 11.6. The second-order valence-electron chi connectivity index (χ2n) is 7.65. The van der Waals surface area contributed by atoms with Crippen molar-refractivity contribution in [1.82, 2.24) is 15.6 Å². The number of hydrogen-bond acceptors (Lipinski definition) is 4. The highest BCUT2D eigenvalue weighted by atomic mass is 16.5. The van der Waals surface area contributed by atoms with Gasteiger partial charge in [0.15, 0.2) is 5.96 Å². The van der Waals surface area contributed by atoms with Crippen LogP contribution < -0.4 is 20.3 Å². The van der Waals surface area contributed by atoms with Gasteiger partial charge in [0.05, 0.1) is 19.3 Å². The number of methoxy groups -OCH3 is 1. The maximum absolute atomic E-state index is 5.51. The number of anilines is 1. The van der Waals surface area contributed by atoms with E-state index in [9.17, 15) is 0 Å². The Kier molecular flexibility index (Phi) is 6.96. The molecule has 0 spiro atoms. The lowest BCUT2D eigenvalue weighted by Crippen LogP contribution is -2.44. The number of hydrogen-bond donors (Lipinski definition) is 2. The Morgan fingerprint density at radius 1 is 1.24 bits per heavy atom. The highest BCUT2D eigenvalue weighted by Crippen LogP contribution is 2.24. The third-order valence-electron chi connectivity index (χ3n) is 5.41. The first kappa shape index (κ1) is 21.0. The Morgan fingerprint density at radius 2 is 2.00 bits per heavy atom. The number of pyridine rings is 1. The van der Waals surface area contributed by atoms with Crippen LogP contribution in [0.5, 0.6) is 5.75 Å². The summed E-state index contributed by atoms with van der Waals surface area (Å²) in [5, 5.41) is 6.96. The molecule has 1 saturated heterocycles. The molecule has 1 fully saturated rings. The van der Waals surface area contributed by atoms with Gasteiger partial charge in [-0.05, 0) is 46.2 Å². The van der Waals surface area contributed by atoms with Crippen LogP contribution in [0.1, 0.15) is 35.7 Å². The van der Waals surface area contributed by atoms with Gasteiger partial charge in [0.25, 0.3) is 0 Å². The van der Waals surface area contributed by atoms with Crippen LogP contribution in [0.4, 0.5) is 5.69 Å². The summed E-state index contributed by atoms with van der Waals surface area (Å²) in [5.74, 6) is 1.73. The minimum atomic E-state index is 0.371. The zero-order valence-corrected chi connectivity index (χ0v) is 18.2. The maximum atomic E-state index is 5.51. The van der Waals surface area contributed by atoms with Gasteiger partial charge in [-0.25, -0.2) is 4.99 Å². The fraction of sp³-hybridized carbons (Fsp3) is 0.478. The summed E-state index contributed by atoms with van der Waals surface area (Å²) in [6, 6.07) is 9.13. The predicted molar refractivity (Wildman–Crippen MR) is 120 cm³/mol. The fourth-order valence-electron chi connectivity index (χ4n) is 3.77. The van der Waals surface area contributed by atoms with Crippen LogP contribution in [0, 0.1) is 20.8 Å². The number of nitrogens with zero attached hydrogens (tertiary/aromatic N) is 3. The van der Waals surface area contributed by atoms with E-state index in [1.807, 2.05) is 20.0 Å². The molecule has 0 amide bonds. The van der Waals surface area contributed by atoms with E-state index in [4.69, 9.17) is 9.73 Å². The smallest absolute Gasteiger partial charge is 0.191 e. The van der Waals surface area contributed by atoms with Crippen molar-refractivity contribution in [2.45, 2.75) is 46.7 Å². The minimum absolute atomic E-state index is 0.371. The predicted octanol–water partition coefficient (Wildman–Crippen LogP) is 3.35. The second kappa shape index (κ2) is 9.63. The van der Waals surface area contributed by atoms with Gasteiger partial charge in [-0.2, -0.15) is 0 Å². The molecular weight excluding hydrogens is 362 g/mol. The van der Waals surface area contributed by atoms with Crippen molar-refractivity contribution in [3.8, 4) is 5.75 Å². The Morgan fingerprint density at radius 3 is 2.69 bits per heavy atom. The molecule has 3 rings (SSSR count). The molecule has 29 heavy (non-hydrogen) atoms. The van der Waals surface area contributed by atoms with Crippen LogP contribution in [0.2, 0.25) is 0 Å². The Bertz CT molecular complexity index is 847. The van der Waals surface area contributed by atoms with Gasteiger partial charge in [0.2, 0.25) is 0 Å². The Balaban J connectivity index is 1.65. The molecule has 0 aliphatic carbocycles. The average molecular weight is 396 g/mol. The molecule has 0 saturated carbocycles. The Labute approximate surface area is 174 Å². The summed E-state index contributed by atoms with van der Waals surface area (Å²) < 4.78 is 5.51. The van der Waals surface area contributed by atoms with Crippen molar-refractivity contribution >= 4 is 11.6 Å². The normalized spacial score (nSPS) is 16.8. The summed E-state index contributed by atoms with van der Waals surface area (Å²) >= 11 is 0. The van der Waals surface area contributed by atoms with E-state index in [2.05, 4.69) is 58.6 Å². The largest absolute Gasteiger partial charge is 0.496 e. The maximum Gasteiger partial charge on any atom is 0.191 e. The van der Waals surface area contributed by atoms with Gasteiger partial charge in [-0.3, -0.25) is 4.98 Å². The molecule has 156 valence electrons. The molecule has 1 unspecified atom stereocenters. The first-order valence-electron chi connectivity index (χ1n) is 10.4. The number of ether oxygens (including phenoxy) is 1. The number of benzene rings is 1. The van der Waals surface area contributed by atoms with E-state index in [1.165, 1.54) is 11.3 Å². The van der Waals surface area contributed by atoms with Crippen LogP contribution >= 0.6 is 0 Å². The van der Waals surface area contributed by atoms with Gasteiger partial charge in [0.1, 0.15) is 5.75 Å². The summed E-state index contributed by atoms with van der Waals surface area (Å²) in [4.78, 5) is 11.8. The molecule has 2 N–H and O–H groups in total. The first-order chi connectivity index (χ1) is 14.0. The number of guanidine groups is 1. The molecule has 0 bridgehead atoms. The second-order valence-corrected chi connectivity index (χ2v) is 7.65. The summed E-state index contributed by atoms with van der Waals surface area (Å²) in [6.07, 6.45) is 2.95. The van der Waals surface area contributed by atoms with E-state index in [1.54, 1.807) is 7.11 Å². The number of nitrogens with one attached hydrogen (secondary N) is 2. The number of rotatable bonds is 6. The Hall–Kier alpha value is -2.76. The topological polar surface area (TPSA) is 61.8 Å². The molecule has 2 heterocycles. The first-order valence-corrected chi connectivity index (χ1v) is 10.4. The van der Waals surface area contributed by atoms with Crippen molar-refractivity contribution in [3.05, 3.63) is 52.8 Å². The van der Waals surface area contributed by atoms with Crippen LogP contribution in [-0.4, -0.2) is 43.7 Å². The molecule has 6 nitrogen and oxygen atoms in total. The molecule has 0 radical (unpaired) electrons. The highest BCUT2D eigenvalue weighted by Gasteiger charge is 2.23. The van der Waals surface area contributed by atoms with Crippen LogP contribution in [-0.2, 0) is 6.54 Å². The lowest BCUT2D eigenvalue weighted by molar-refractivity contribution is 0.407. The van der Waals surface area contributed by atoms with Gasteiger partial charge >= 0.3 is 0 Å². The highest BCUT2D eigenvalue weighted by molar-refractivity contribution is 5.80. The van der Waals surface area contributed by atoms with Gasteiger partial charge < -0.3 is 20.3 Å². The SMILES string of the molecule is CCNC(=NCc1ncc(C)c(OC)c1C)NC1CCN(c2ccc(C)cc2)C1. The molecule has 6 heteroatoms. The molecule has 1 aromatic heterocycles. The monoisotopic (exact) mass is 395 g/mol. The van der Waals surface area contributed by atoms with Gasteiger partial charge in [-0.15, -0.1) is 0 Å². The lowest BCUT2D eigenvalue weighted by atomic mass is 10.1. The molecule has 1 aromatic carbocycles. The van der Waals surface area contributed by atoms with Crippen LogP contribution in [0.15, 0.2) is 35.5 Å².